The molecular formula is C18H35NO. The first kappa shape index (κ1) is 16.3. The van der Waals surface area contributed by atoms with Crippen molar-refractivity contribution in [2.24, 2.45) is 23.2 Å². The SMILES string of the molecule is CCC1(C)CCN(CC2CC(C(C)C)CCC2O)CC1. The molecule has 1 heterocycles. The summed E-state index contributed by atoms with van der Waals surface area (Å²) < 4.78 is 0. The summed E-state index contributed by atoms with van der Waals surface area (Å²) in [6.45, 7) is 13.0. The van der Waals surface area contributed by atoms with Gasteiger partial charge in [0.2, 0.25) is 0 Å². The Kier molecular flexibility index (Phi) is 5.53. The number of piperidine rings is 1. The molecule has 1 aliphatic carbocycles. The molecule has 3 unspecified atom stereocenters. The second-order valence-electron chi connectivity index (χ2n) is 8.11. The predicted molar refractivity (Wildman–Crippen MR) is 85.7 cm³/mol. The highest BCUT2D eigenvalue weighted by atomic mass is 16.3. The predicted octanol–water partition coefficient (Wildman–Crippen LogP) is 3.93. The normalized spacial score (nSPS) is 35.4. The van der Waals surface area contributed by atoms with Gasteiger partial charge in [-0.25, -0.2) is 0 Å². The highest BCUT2D eigenvalue weighted by Crippen LogP contribution is 2.37. The third-order valence-corrected chi connectivity index (χ3v) is 6.34. The second kappa shape index (κ2) is 6.79. The van der Waals surface area contributed by atoms with Crippen LogP contribution in [0, 0.1) is 23.2 Å². The molecule has 20 heavy (non-hydrogen) atoms. The van der Waals surface area contributed by atoms with E-state index in [9.17, 15) is 5.11 Å². The van der Waals surface area contributed by atoms with Gasteiger partial charge in [-0.2, -0.15) is 0 Å². The lowest BCUT2D eigenvalue weighted by molar-refractivity contribution is 0.00640. The quantitative estimate of drug-likeness (QED) is 0.844. The van der Waals surface area contributed by atoms with Gasteiger partial charge in [0, 0.05) is 6.54 Å². The van der Waals surface area contributed by atoms with Gasteiger partial charge in [0.15, 0.2) is 0 Å². The van der Waals surface area contributed by atoms with Crippen LogP contribution in [0.4, 0.5) is 0 Å². The first-order chi connectivity index (χ1) is 9.43. The Labute approximate surface area is 125 Å². The fraction of sp³-hybridized carbons (Fsp3) is 1.00. The van der Waals surface area contributed by atoms with Crippen LogP contribution in [-0.2, 0) is 0 Å². The van der Waals surface area contributed by atoms with E-state index in [4.69, 9.17) is 0 Å². The van der Waals surface area contributed by atoms with Crippen LogP contribution in [0.5, 0.6) is 0 Å². The van der Waals surface area contributed by atoms with Gasteiger partial charge in [0.05, 0.1) is 6.10 Å². The zero-order chi connectivity index (χ0) is 14.8. The Bertz CT molecular complexity index is 294. The van der Waals surface area contributed by atoms with Crippen LogP contribution in [0.15, 0.2) is 0 Å². The average molecular weight is 281 g/mol. The molecule has 0 spiro atoms. The lowest BCUT2D eigenvalue weighted by Gasteiger charge is -2.42. The molecule has 2 nitrogen and oxygen atoms in total. The summed E-state index contributed by atoms with van der Waals surface area (Å²) in [5.41, 5.74) is 0.572. The Morgan fingerprint density at radius 2 is 1.85 bits per heavy atom. The molecule has 1 N–H and O–H groups in total. The molecule has 0 radical (unpaired) electrons. The van der Waals surface area contributed by atoms with Crippen molar-refractivity contribution >= 4 is 0 Å². The molecule has 1 saturated carbocycles. The lowest BCUT2D eigenvalue weighted by Crippen LogP contribution is -2.44. The van der Waals surface area contributed by atoms with Gasteiger partial charge in [0.1, 0.15) is 0 Å². The summed E-state index contributed by atoms with van der Waals surface area (Å²) in [6, 6.07) is 0. The third kappa shape index (κ3) is 3.98. The number of aliphatic hydroxyl groups excluding tert-OH is 1. The molecule has 0 bridgehead atoms. The molecule has 1 aliphatic heterocycles. The van der Waals surface area contributed by atoms with Crippen LogP contribution < -0.4 is 0 Å². The van der Waals surface area contributed by atoms with E-state index in [2.05, 4.69) is 32.6 Å². The first-order valence-electron chi connectivity index (χ1n) is 8.84. The molecular weight excluding hydrogens is 246 g/mol. The van der Waals surface area contributed by atoms with Gasteiger partial charge in [-0.05, 0) is 68.4 Å². The van der Waals surface area contributed by atoms with E-state index in [1.165, 1.54) is 45.2 Å². The number of rotatable bonds is 4. The van der Waals surface area contributed by atoms with Crippen LogP contribution in [-0.4, -0.2) is 35.7 Å². The highest BCUT2D eigenvalue weighted by Gasteiger charge is 2.34. The topological polar surface area (TPSA) is 23.5 Å². The van der Waals surface area contributed by atoms with Crippen molar-refractivity contribution in [1.29, 1.82) is 0 Å². The van der Waals surface area contributed by atoms with Crippen LogP contribution >= 0.6 is 0 Å². The lowest BCUT2D eigenvalue weighted by atomic mass is 9.74. The third-order valence-electron chi connectivity index (χ3n) is 6.34. The largest absolute Gasteiger partial charge is 0.393 e. The zero-order valence-corrected chi connectivity index (χ0v) is 14.1. The maximum absolute atomic E-state index is 10.3. The van der Waals surface area contributed by atoms with E-state index in [0.29, 0.717) is 11.3 Å². The van der Waals surface area contributed by atoms with Crippen molar-refractivity contribution in [3.8, 4) is 0 Å². The fourth-order valence-corrected chi connectivity index (χ4v) is 4.05. The van der Waals surface area contributed by atoms with E-state index in [-0.39, 0.29) is 6.10 Å². The van der Waals surface area contributed by atoms with E-state index >= 15 is 0 Å². The zero-order valence-electron chi connectivity index (χ0n) is 14.1. The summed E-state index contributed by atoms with van der Waals surface area (Å²) >= 11 is 0. The molecule has 0 aromatic carbocycles. The summed E-state index contributed by atoms with van der Waals surface area (Å²) in [7, 11) is 0. The number of hydrogen-bond donors (Lipinski definition) is 1. The minimum absolute atomic E-state index is 0.0514. The van der Waals surface area contributed by atoms with Crippen molar-refractivity contribution in [2.45, 2.75) is 72.3 Å². The van der Waals surface area contributed by atoms with Crippen LogP contribution in [0.2, 0.25) is 0 Å². The fourth-order valence-electron chi connectivity index (χ4n) is 4.05. The smallest absolute Gasteiger partial charge is 0.0580 e. The Balaban J connectivity index is 1.83. The van der Waals surface area contributed by atoms with Gasteiger partial charge < -0.3 is 10.0 Å². The van der Waals surface area contributed by atoms with Crippen LogP contribution in [0.1, 0.15) is 66.2 Å². The van der Waals surface area contributed by atoms with Gasteiger partial charge in [0.25, 0.3) is 0 Å². The molecule has 3 atom stereocenters. The van der Waals surface area contributed by atoms with Crippen LogP contribution in [0.25, 0.3) is 0 Å². The maximum Gasteiger partial charge on any atom is 0.0580 e. The van der Waals surface area contributed by atoms with E-state index in [1.807, 2.05) is 0 Å². The monoisotopic (exact) mass is 281 g/mol. The van der Waals surface area contributed by atoms with Gasteiger partial charge in [-0.3, -0.25) is 0 Å². The molecule has 0 aromatic heterocycles. The van der Waals surface area contributed by atoms with Crippen molar-refractivity contribution in [2.75, 3.05) is 19.6 Å². The molecule has 2 aliphatic rings. The Hall–Kier alpha value is -0.0800. The summed E-state index contributed by atoms with van der Waals surface area (Å²) in [6.07, 6.45) is 7.41. The first-order valence-corrected chi connectivity index (χ1v) is 8.84. The molecule has 2 rings (SSSR count). The van der Waals surface area contributed by atoms with E-state index < -0.39 is 0 Å². The average Bonchev–Trinajstić information content (AvgIpc) is 2.43. The number of likely N-dealkylation sites (tertiary alicyclic amines) is 1. The van der Waals surface area contributed by atoms with E-state index in [1.54, 1.807) is 0 Å². The molecule has 2 fully saturated rings. The van der Waals surface area contributed by atoms with Crippen molar-refractivity contribution in [3.05, 3.63) is 0 Å². The highest BCUT2D eigenvalue weighted by molar-refractivity contribution is 4.86. The second-order valence-corrected chi connectivity index (χ2v) is 8.11. The molecule has 118 valence electrons. The van der Waals surface area contributed by atoms with Crippen molar-refractivity contribution in [3.63, 3.8) is 0 Å². The summed E-state index contributed by atoms with van der Waals surface area (Å²) in [5, 5.41) is 10.3. The van der Waals surface area contributed by atoms with E-state index in [0.717, 1.165) is 24.8 Å². The van der Waals surface area contributed by atoms with Gasteiger partial charge >= 0.3 is 0 Å². The maximum atomic E-state index is 10.3. The van der Waals surface area contributed by atoms with Crippen LogP contribution in [0.3, 0.4) is 0 Å². The van der Waals surface area contributed by atoms with Gasteiger partial charge in [-0.15, -0.1) is 0 Å². The standard InChI is InChI=1S/C18H35NO/c1-5-18(4)8-10-19(11-9-18)13-16-12-15(14(2)3)6-7-17(16)20/h14-17,20H,5-13H2,1-4H3. The number of aliphatic hydroxyl groups is 1. The molecule has 0 aromatic rings. The van der Waals surface area contributed by atoms with Crippen molar-refractivity contribution < 1.29 is 5.11 Å². The molecule has 1 saturated heterocycles. The molecule has 0 amide bonds. The number of nitrogens with zero attached hydrogens (tertiary/aromatic N) is 1. The van der Waals surface area contributed by atoms with Crippen molar-refractivity contribution in [1.82, 2.24) is 4.90 Å². The minimum atomic E-state index is -0.0514. The Morgan fingerprint density at radius 3 is 2.40 bits per heavy atom. The van der Waals surface area contributed by atoms with Gasteiger partial charge in [-0.1, -0.05) is 34.1 Å². The molecule has 2 heteroatoms. The summed E-state index contributed by atoms with van der Waals surface area (Å²) in [4.78, 5) is 2.62. The Morgan fingerprint density at radius 1 is 1.20 bits per heavy atom. The number of hydrogen-bond acceptors (Lipinski definition) is 2. The minimum Gasteiger partial charge on any atom is -0.393 e. The summed E-state index contributed by atoms with van der Waals surface area (Å²) in [5.74, 6) is 2.12.